The monoisotopic (exact) mass is 390 g/mol. The average Bonchev–Trinajstić information content (AvgIpc) is 3.19. The lowest BCUT2D eigenvalue weighted by Crippen LogP contribution is -1.99. The average molecular weight is 390 g/mol. The Hall–Kier alpha value is -4.14. The van der Waals surface area contributed by atoms with Crippen molar-refractivity contribution >= 4 is 23.1 Å². The van der Waals surface area contributed by atoms with E-state index in [-0.39, 0.29) is 11.5 Å². The van der Waals surface area contributed by atoms with Crippen LogP contribution in [0, 0.1) is 0 Å². The molecule has 0 amide bonds. The maximum absolute atomic E-state index is 10.1. The number of methoxy groups -OCH3 is 2. The summed E-state index contributed by atoms with van der Waals surface area (Å²) in [7, 11) is 2.96. The van der Waals surface area contributed by atoms with Crippen molar-refractivity contribution in [3.05, 3.63) is 60.6 Å². The van der Waals surface area contributed by atoms with E-state index in [2.05, 4.69) is 25.6 Å². The van der Waals surface area contributed by atoms with Crippen LogP contribution in [0.15, 0.2) is 60.1 Å². The summed E-state index contributed by atoms with van der Waals surface area (Å²) in [6.45, 7) is 0. The molecule has 2 N–H and O–H groups in total. The number of ether oxygens (including phenoxy) is 2. The Morgan fingerprint density at radius 3 is 2.69 bits per heavy atom. The first-order chi connectivity index (χ1) is 14.2. The van der Waals surface area contributed by atoms with Gasteiger partial charge in [0.25, 0.3) is 0 Å². The highest BCUT2D eigenvalue weighted by Crippen LogP contribution is 2.36. The van der Waals surface area contributed by atoms with Crippen molar-refractivity contribution in [3.8, 4) is 22.9 Å². The van der Waals surface area contributed by atoms with Crippen LogP contribution in [0.2, 0.25) is 0 Å². The predicted octanol–water partition coefficient (Wildman–Crippen LogP) is 2.98. The second-order valence-corrected chi connectivity index (χ2v) is 6.00. The fourth-order valence-electron chi connectivity index (χ4n) is 2.90. The number of rotatable bonds is 6. The lowest BCUT2D eigenvalue weighted by atomic mass is 10.2. The van der Waals surface area contributed by atoms with Gasteiger partial charge in [-0.3, -0.25) is 5.43 Å². The van der Waals surface area contributed by atoms with Crippen LogP contribution in [0.1, 0.15) is 5.56 Å². The maximum Gasteiger partial charge on any atom is 0.203 e. The Morgan fingerprint density at radius 2 is 1.93 bits per heavy atom. The van der Waals surface area contributed by atoms with Gasteiger partial charge in [0.15, 0.2) is 23.0 Å². The van der Waals surface area contributed by atoms with Crippen molar-refractivity contribution in [1.29, 1.82) is 0 Å². The minimum absolute atomic E-state index is 0.0399. The van der Waals surface area contributed by atoms with Crippen LogP contribution in [-0.4, -0.2) is 45.3 Å². The highest BCUT2D eigenvalue weighted by Gasteiger charge is 2.12. The van der Waals surface area contributed by atoms with Gasteiger partial charge in [-0.25, -0.2) is 14.6 Å². The van der Waals surface area contributed by atoms with Crippen molar-refractivity contribution in [3.63, 3.8) is 0 Å². The molecule has 146 valence electrons. The summed E-state index contributed by atoms with van der Waals surface area (Å²) < 4.78 is 12.1. The van der Waals surface area contributed by atoms with Gasteiger partial charge in [0.05, 0.1) is 37.7 Å². The lowest BCUT2D eigenvalue weighted by molar-refractivity contribution is 0.333. The minimum Gasteiger partial charge on any atom is -0.504 e. The molecular formula is C20H18N6O3. The van der Waals surface area contributed by atoms with Crippen molar-refractivity contribution < 1.29 is 14.6 Å². The molecule has 0 radical (unpaired) electrons. The number of anilines is 1. The van der Waals surface area contributed by atoms with E-state index in [1.54, 1.807) is 16.9 Å². The molecule has 2 aromatic heterocycles. The number of aromatic hydroxyl groups is 1. The molecule has 0 aliphatic carbocycles. The maximum atomic E-state index is 10.1. The summed E-state index contributed by atoms with van der Waals surface area (Å²) in [5.41, 5.74) is 5.08. The summed E-state index contributed by atoms with van der Waals surface area (Å²) in [6, 6.07) is 12.9. The van der Waals surface area contributed by atoms with Crippen molar-refractivity contribution in [1.82, 2.24) is 19.7 Å². The molecule has 4 rings (SSSR count). The van der Waals surface area contributed by atoms with Gasteiger partial charge in [-0.1, -0.05) is 18.2 Å². The first-order valence-corrected chi connectivity index (χ1v) is 8.69. The van der Waals surface area contributed by atoms with E-state index in [0.717, 1.165) is 11.1 Å². The molecule has 0 saturated carbocycles. The third kappa shape index (κ3) is 3.53. The highest BCUT2D eigenvalue weighted by molar-refractivity contribution is 5.88. The summed E-state index contributed by atoms with van der Waals surface area (Å²) in [5.74, 6) is 1.14. The summed E-state index contributed by atoms with van der Waals surface area (Å²) in [5, 5.41) is 19.4. The summed E-state index contributed by atoms with van der Waals surface area (Å²) >= 11 is 0. The quantitative estimate of drug-likeness (QED) is 0.385. The van der Waals surface area contributed by atoms with Crippen LogP contribution in [0.25, 0.3) is 16.7 Å². The van der Waals surface area contributed by atoms with Gasteiger partial charge >= 0.3 is 0 Å². The highest BCUT2D eigenvalue weighted by atomic mass is 16.5. The van der Waals surface area contributed by atoms with Gasteiger partial charge in [0.1, 0.15) is 6.33 Å². The fraction of sp³-hybridized carbons (Fsp3) is 0.100. The van der Waals surface area contributed by atoms with E-state index in [4.69, 9.17) is 9.47 Å². The van der Waals surface area contributed by atoms with Crippen molar-refractivity contribution in [2.75, 3.05) is 19.6 Å². The van der Waals surface area contributed by atoms with Crippen LogP contribution < -0.4 is 14.9 Å². The number of hydrogen-bond donors (Lipinski definition) is 2. The second-order valence-electron chi connectivity index (χ2n) is 6.00. The Bertz CT molecular complexity index is 1170. The van der Waals surface area contributed by atoms with E-state index >= 15 is 0 Å². The van der Waals surface area contributed by atoms with Crippen LogP contribution in [0.5, 0.6) is 17.2 Å². The number of hydrogen-bond acceptors (Lipinski definition) is 8. The zero-order valence-corrected chi connectivity index (χ0v) is 15.8. The van der Waals surface area contributed by atoms with Crippen LogP contribution in [-0.2, 0) is 0 Å². The molecule has 0 aliphatic heterocycles. The molecule has 9 nitrogen and oxygen atoms in total. The van der Waals surface area contributed by atoms with E-state index < -0.39 is 0 Å². The Morgan fingerprint density at radius 1 is 1.10 bits per heavy atom. The molecule has 0 saturated heterocycles. The fourth-order valence-corrected chi connectivity index (χ4v) is 2.90. The Balaban J connectivity index is 1.61. The number of para-hydroxylation sites is 1. The second kappa shape index (κ2) is 7.85. The molecule has 0 unspecified atom stereocenters. The Labute approximate surface area is 166 Å². The van der Waals surface area contributed by atoms with Crippen molar-refractivity contribution in [2.24, 2.45) is 5.10 Å². The zero-order valence-electron chi connectivity index (χ0n) is 15.8. The molecule has 0 spiro atoms. The number of hydrazone groups is 1. The van der Waals surface area contributed by atoms with Gasteiger partial charge < -0.3 is 14.6 Å². The summed E-state index contributed by atoms with van der Waals surface area (Å²) in [6.07, 6.45) is 4.67. The van der Waals surface area contributed by atoms with Crippen LogP contribution in [0.4, 0.5) is 5.82 Å². The number of nitrogens with one attached hydrogen (secondary N) is 1. The van der Waals surface area contributed by atoms with E-state index in [1.165, 1.54) is 32.8 Å². The van der Waals surface area contributed by atoms with Crippen LogP contribution >= 0.6 is 0 Å². The third-order valence-corrected chi connectivity index (χ3v) is 4.23. The normalized spacial score (nSPS) is 11.1. The molecule has 2 heterocycles. The Kier molecular flexibility index (Phi) is 4.93. The van der Waals surface area contributed by atoms with E-state index in [9.17, 15) is 5.11 Å². The van der Waals surface area contributed by atoms with Gasteiger partial charge in [-0.2, -0.15) is 10.2 Å². The standard InChI is InChI=1S/C20H18N6O3/c1-28-17-9-13(8-16(27)18(17)29-2)10-23-25-19-15-11-24-26(20(15)22-12-21-19)14-6-4-3-5-7-14/h3-12,27H,1-2H3,(H,21,22,25)/b23-10+. The SMILES string of the molecule is COc1cc(/C=N/Nc2ncnc3c2cnn3-c2ccccc2)cc(O)c1OC. The number of benzene rings is 2. The van der Waals surface area contributed by atoms with Crippen molar-refractivity contribution in [2.45, 2.75) is 0 Å². The molecule has 0 bridgehead atoms. The number of aromatic nitrogens is 4. The topological polar surface area (TPSA) is 107 Å². The number of nitrogens with zero attached hydrogens (tertiary/aromatic N) is 5. The molecule has 4 aromatic rings. The largest absolute Gasteiger partial charge is 0.504 e. The van der Waals surface area contributed by atoms with Gasteiger partial charge in [0.2, 0.25) is 5.75 Å². The van der Waals surface area contributed by atoms with Gasteiger partial charge in [-0.15, -0.1) is 0 Å². The van der Waals surface area contributed by atoms with E-state index in [1.807, 2.05) is 30.3 Å². The smallest absolute Gasteiger partial charge is 0.203 e. The minimum atomic E-state index is -0.0399. The molecular weight excluding hydrogens is 372 g/mol. The third-order valence-electron chi connectivity index (χ3n) is 4.23. The first-order valence-electron chi connectivity index (χ1n) is 8.69. The number of phenolic OH excluding ortho intramolecular Hbond substituents is 1. The van der Waals surface area contributed by atoms with Gasteiger partial charge in [-0.05, 0) is 24.3 Å². The van der Waals surface area contributed by atoms with Crippen LogP contribution in [0.3, 0.4) is 0 Å². The molecule has 0 atom stereocenters. The molecule has 29 heavy (non-hydrogen) atoms. The predicted molar refractivity (Wildman–Crippen MR) is 109 cm³/mol. The lowest BCUT2D eigenvalue weighted by Gasteiger charge is -2.09. The number of fused-ring (bicyclic) bond motifs is 1. The molecule has 2 aromatic carbocycles. The molecule has 9 heteroatoms. The van der Waals surface area contributed by atoms with E-state index in [0.29, 0.717) is 22.8 Å². The molecule has 0 aliphatic rings. The molecule has 0 fully saturated rings. The first kappa shape index (κ1) is 18.2. The summed E-state index contributed by atoms with van der Waals surface area (Å²) in [4.78, 5) is 8.57. The zero-order chi connectivity index (χ0) is 20.2. The van der Waals surface area contributed by atoms with Gasteiger partial charge in [0, 0.05) is 5.56 Å². The number of phenols is 1.